The van der Waals surface area contributed by atoms with Crippen LogP contribution in [0.5, 0.6) is 0 Å². The lowest BCUT2D eigenvalue weighted by Crippen LogP contribution is -2.59. The van der Waals surface area contributed by atoms with E-state index in [-0.39, 0.29) is 12.5 Å². The number of aliphatic hydroxyl groups is 1. The quantitative estimate of drug-likeness (QED) is 0.779. The van der Waals surface area contributed by atoms with Crippen molar-refractivity contribution >= 4 is 5.91 Å². The average molecular weight is 236 g/mol. The third-order valence-corrected chi connectivity index (χ3v) is 4.35. The van der Waals surface area contributed by atoms with Crippen molar-refractivity contribution in [2.45, 2.75) is 56.9 Å². The number of nitrogens with one attached hydrogen (secondary N) is 1. The number of hydrogen-bond donors (Lipinski definition) is 2. The largest absolute Gasteiger partial charge is 0.394 e. The summed E-state index contributed by atoms with van der Waals surface area (Å²) < 4.78 is 0. The molecule has 4 heteroatoms. The summed E-state index contributed by atoms with van der Waals surface area (Å²) in [5.41, 5.74) is -1.27. The molecule has 2 N–H and O–H groups in total. The van der Waals surface area contributed by atoms with Crippen molar-refractivity contribution in [3.05, 3.63) is 0 Å². The molecule has 2 aliphatic carbocycles. The maximum Gasteiger partial charge on any atom is 0.240 e. The van der Waals surface area contributed by atoms with Crippen molar-refractivity contribution in [1.82, 2.24) is 5.32 Å². The Morgan fingerprint density at radius 2 is 1.82 bits per heavy atom. The monoisotopic (exact) mass is 236 g/mol. The molecule has 0 atom stereocenters. The van der Waals surface area contributed by atoms with Gasteiger partial charge in [-0.05, 0) is 32.1 Å². The highest BCUT2D eigenvalue weighted by Crippen LogP contribution is 2.38. The molecule has 0 aromatic heterocycles. The molecule has 0 aliphatic heterocycles. The molecule has 0 unspecified atom stereocenters. The number of amides is 1. The van der Waals surface area contributed by atoms with Crippen LogP contribution >= 0.6 is 0 Å². The van der Waals surface area contributed by atoms with Gasteiger partial charge in [0, 0.05) is 0 Å². The molecule has 1 amide bonds. The fourth-order valence-corrected chi connectivity index (χ4v) is 2.83. The van der Waals surface area contributed by atoms with Gasteiger partial charge in [0.1, 0.15) is 5.41 Å². The Balaban J connectivity index is 2.05. The number of carbonyl (C=O) groups excluding carboxylic acids is 1. The highest BCUT2D eigenvalue weighted by atomic mass is 16.3. The van der Waals surface area contributed by atoms with Crippen molar-refractivity contribution in [3.63, 3.8) is 0 Å². The summed E-state index contributed by atoms with van der Waals surface area (Å²) in [4.78, 5) is 12.3. The second-order valence-electron chi connectivity index (χ2n) is 5.50. The van der Waals surface area contributed by atoms with Gasteiger partial charge in [-0.25, -0.2) is 0 Å². The van der Waals surface area contributed by atoms with Crippen LogP contribution in [-0.2, 0) is 4.79 Å². The minimum Gasteiger partial charge on any atom is -0.394 e. The number of aliphatic hydroxyl groups excluding tert-OH is 1. The van der Waals surface area contributed by atoms with E-state index >= 15 is 0 Å². The molecule has 0 saturated heterocycles. The van der Waals surface area contributed by atoms with Gasteiger partial charge in [0.05, 0.1) is 18.2 Å². The van der Waals surface area contributed by atoms with E-state index in [1.165, 1.54) is 0 Å². The van der Waals surface area contributed by atoms with E-state index in [0.29, 0.717) is 12.8 Å². The number of rotatable bonds is 3. The number of nitriles is 1. The van der Waals surface area contributed by atoms with Crippen molar-refractivity contribution in [3.8, 4) is 6.07 Å². The van der Waals surface area contributed by atoms with Crippen LogP contribution in [0.2, 0.25) is 0 Å². The minimum atomic E-state index is -0.837. The molecule has 0 radical (unpaired) electrons. The molecule has 0 bridgehead atoms. The molecule has 0 aromatic carbocycles. The van der Waals surface area contributed by atoms with Gasteiger partial charge in [-0.3, -0.25) is 4.79 Å². The molecule has 2 rings (SSSR count). The lowest BCUT2D eigenvalue weighted by Gasteiger charge is -2.43. The van der Waals surface area contributed by atoms with Crippen LogP contribution in [0.25, 0.3) is 0 Å². The van der Waals surface area contributed by atoms with Crippen LogP contribution < -0.4 is 5.32 Å². The topological polar surface area (TPSA) is 73.1 Å². The molecule has 94 valence electrons. The third kappa shape index (κ3) is 2.16. The first kappa shape index (κ1) is 12.4. The molecule has 2 fully saturated rings. The summed E-state index contributed by atoms with van der Waals surface area (Å²) in [6.07, 6.45) is 7.05. The number of nitrogens with zero attached hydrogens (tertiary/aromatic N) is 1. The van der Waals surface area contributed by atoms with Gasteiger partial charge in [0.15, 0.2) is 0 Å². The summed E-state index contributed by atoms with van der Waals surface area (Å²) in [5, 5.41) is 21.6. The van der Waals surface area contributed by atoms with Crippen LogP contribution in [0.3, 0.4) is 0 Å². The highest BCUT2D eigenvalue weighted by molar-refractivity contribution is 5.86. The second-order valence-corrected chi connectivity index (χ2v) is 5.50. The van der Waals surface area contributed by atoms with Gasteiger partial charge in [0.25, 0.3) is 0 Å². The zero-order valence-corrected chi connectivity index (χ0v) is 10.2. The van der Waals surface area contributed by atoms with E-state index in [4.69, 9.17) is 0 Å². The Hall–Kier alpha value is -1.08. The molecule has 17 heavy (non-hydrogen) atoms. The van der Waals surface area contributed by atoms with E-state index in [0.717, 1.165) is 38.5 Å². The normalized spacial score (nSPS) is 25.4. The van der Waals surface area contributed by atoms with E-state index < -0.39 is 11.0 Å². The lowest BCUT2D eigenvalue weighted by molar-refractivity contribution is -0.133. The molecular formula is C13H20N2O2. The summed E-state index contributed by atoms with van der Waals surface area (Å²) in [7, 11) is 0. The predicted octanol–water partition coefficient (Wildman–Crippen LogP) is 1.49. The Bertz CT molecular complexity index is 330. The Morgan fingerprint density at radius 1 is 1.18 bits per heavy atom. The Labute approximate surface area is 102 Å². The maximum atomic E-state index is 12.3. The zero-order chi connectivity index (χ0) is 12.4. The van der Waals surface area contributed by atoms with Gasteiger partial charge in [-0.2, -0.15) is 5.26 Å². The molecular weight excluding hydrogens is 216 g/mol. The fraction of sp³-hybridized carbons (Fsp3) is 0.846. The van der Waals surface area contributed by atoms with E-state index in [2.05, 4.69) is 11.4 Å². The maximum absolute atomic E-state index is 12.3. The van der Waals surface area contributed by atoms with Crippen molar-refractivity contribution in [2.24, 2.45) is 5.41 Å². The van der Waals surface area contributed by atoms with E-state index in [1.807, 2.05) is 0 Å². The standard InChI is InChI=1S/C13H20N2O2/c14-9-12(5-2-1-3-6-12)11(17)15-13(10-16)7-4-8-13/h16H,1-8,10H2,(H,15,17). The molecule has 0 aromatic rings. The average Bonchev–Trinajstić information content (AvgIpc) is 2.34. The van der Waals surface area contributed by atoms with Crippen LogP contribution in [0.15, 0.2) is 0 Å². The van der Waals surface area contributed by atoms with Crippen molar-refractivity contribution in [1.29, 1.82) is 5.26 Å². The van der Waals surface area contributed by atoms with Crippen molar-refractivity contribution < 1.29 is 9.90 Å². The van der Waals surface area contributed by atoms with Crippen LogP contribution in [-0.4, -0.2) is 23.2 Å². The minimum absolute atomic E-state index is 0.0136. The van der Waals surface area contributed by atoms with Crippen LogP contribution in [0, 0.1) is 16.7 Å². The lowest BCUT2D eigenvalue weighted by atomic mass is 9.72. The second kappa shape index (κ2) is 4.66. The predicted molar refractivity (Wildman–Crippen MR) is 62.9 cm³/mol. The molecule has 4 nitrogen and oxygen atoms in total. The summed E-state index contributed by atoms with van der Waals surface area (Å²) >= 11 is 0. The summed E-state index contributed by atoms with van der Waals surface area (Å²) in [6, 6.07) is 2.22. The molecule has 0 heterocycles. The number of hydrogen-bond acceptors (Lipinski definition) is 3. The van der Waals surface area contributed by atoms with Gasteiger partial charge in [-0.1, -0.05) is 19.3 Å². The van der Waals surface area contributed by atoms with Crippen molar-refractivity contribution in [2.75, 3.05) is 6.61 Å². The summed E-state index contributed by atoms with van der Waals surface area (Å²) in [5.74, 6) is -0.159. The first-order valence-electron chi connectivity index (χ1n) is 6.51. The Morgan fingerprint density at radius 3 is 2.24 bits per heavy atom. The first-order valence-corrected chi connectivity index (χ1v) is 6.51. The number of carbonyl (C=O) groups is 1. The first-order chi connectivity index (χ1) is 8.16. The van der Waals surface area contributed by atoms with E-state index in [9.17, 15) is 15.2 Å². The zero-order valence-electron chi connectivity index (χ0n) is 10.2. The Kier molecular flexibility index (Phi) is 3.39. The molecule has 2 aliphatic rings. The smallest absolute Gasteiger partial charge is 0.240 e. The highest BCUT2D eigenvalue weighted by Gasteiger charge is 2.45. The summed E-state index contributed by atoms with van der Waals surface area (Å²) in [6.45, 7) is -0.0136. The SMILES string of the molecule is N#CC1(C(=O)NC2(CO)CCC2)CCCCC1. The fourth-order valence-electron chi connectivity index (χ4n) is 2.83. The van der Waals surface area contributed by atoms with Crippen LogP contribution in [0.4, 0.5) is 0 Å². The van der Waals surface area contributed by atoms with Gasteiger partial charge >= 0.3 is 0 Å². The third-order valence-electron chi connectivity index (χ3n) is 4.35. The van der Waals surface area contributed by atoms with Gasteiger partial charge in [0.2, 0.25) is 5.91 Å². The molecule has 0 spiro atoms. The van der Waals surface area contributed by atoms with Gasteiger partial charge in [-0.15, -0.1) is 0 Å². The van der Waals surface area contributed by atoms with Crippen LogP contribution in [0.1, 0.15) is 51.4 Å². The van der Waals surface area contributed by atoms with Gasteiger partial charge < -0.3 is 10.4 Å². The van der Waals surface area contributed by atoms with E-state index in [1.54, 1.807) is 0 Å². The molecule has 2 saturated carbocycles.